The summed E-state index contributed by atoms with van der Waals surface area (Å²) in [6.45, 7) is 10.6. The molecule has 88 valence electrons. The van der Waals surface area contributed by atoms with Crippen LogP contribution in [0.2, 0.25) is 0 Å². The minimum absolute atomic E-state index is 0.00220. The Labute approximate surface area is 92.2 Å². The number of amides is 1. The maximum absolute atomic E-state index is 11.7. The van der Waals surface area contributed by atoms with Crippen molar-refractivity contribution in [2.45, 2.75) is 39.3 Å². The van der Waals surface area contributed by atoms with E-state index in [0.29, 0.717) is 19.0 Å². The highest BCUT2D eigenvalue weighted by Crippen LogP contribution is 2.22. The van der Waals surface area contributed by atoms with Crippen LogP contribution in [-0.4, -0.2) is 42.0 Å². The molecule has 15 heavy (non-hydrogen) atoms. The molecule has 1 atom stereocenters. The Kier molecular flexibility index (Phi) is 3.73. The molecule has 1 fully saturated rings. The standard InChI is InChI=1S/C11H23N3O/c1-8(2)6-14-9(5-12)10(15)13-7-11(14,3)4/h8-9H,5-7,12H2,1-4H3,(H,13,15). The largest absolute Gasteiger partial charge is 0.353 e. The number of hydrogen-bond donors (Lipinski definition) is 2. The van der Waals surface area contributed by atoms with E-state index in [1.165, 1.54) is 0 Å². The van der Waals surface area contributed by atoms with Gasteiger partial charge in [0.25, 0.3) is 0 Å². The van der Waals surface area contributed by atoms with Gasteiger partial charge in [0.05, 0.1) is 0 Å². The van der Waals surface area contributed by atoms with Crippen molar-refractivity contribution in [3.8, 4) is 0 Å². The second-order valence-electron chi connectivity index (χ2n) is 5.33. The quantitative estimate of drug-likeness (QED) is 0.703. The molecule has 0 spiro atoms. The molecular formula is C11H23N3O. The third-order valence-corrected chi connectivity index (χ3v) is 2.94. The Balaban J connectivity index is 2.84. The average Bonchev–Trinajstić information content (AvgIpc) is 2.12. The fourth-order valence-corrected chi connectivity index (χ4v) is 2.09. The molecule has 1 rings (SSSR count). The molecule has 0 aromatic rings. The van der Waals surface area contributed by atoms with Gasteiger partial charge in [0.2, 0.25) is 5.91 Å². The predicted molar refractivity (Wildman–Crippen MR) is 61.5 cm³/mol. The van der Waals surface area contributed by atoms with Gasteiger partial charge in [-0.05, 0) is 19.8 Å². The monoisotopic (exact) mass is 213 g/mol. The van der Waals surface area contributed by atoms with Crippen LogP contribution in [0.1, 0.15) is 27.7 Å². The minimum Gasteiger partial charge on any atom is -0.353 e. The molecule has 4 heteroatoms. The molecule has 0 radical (unpaired) electrons. The van der Waals surface area contributed by atoms with E-state index in [1.807, 2.05) is 0 Å². The van der Waals surface area contributed by atoms with Crippen LogP contribution in [0.25, 0.3) is 0 Å². The molecule has 0 aliphatic carbocycles. The van der Waals surface area contributed by atoms with Crippen molar-refractivity contribution in [1.29, 1.82) is 0 Å². The molecule has 1 aliphatic rings. The number of carbonyl (C=O) groups excluding carboxylic acids is 1. The number of piperazine rings is 1. The van der Waals surface area contributed by atoms with Gasteiger partial charge in [-0.25, -0.2) is 0 Å². The van der Waals surface area contributed by atoms with Crippen molar-refractivity contribution in [1.82, 2.24) is 10.2 Å². The van der Waals surface area contributed by atoms with Gasteiger partial charge in [-0.2, -0.15) is 0 Å². The number of nitrogens with zero attached hydrogens (tertiary/aromatic N) is 1. The molecule has 1 heterocycles. The van der Waals surface area contributed by atoms with Gasteiger partial charge in [-0.1, -0.05) is 13.8 Å². The lowest BCUT2D eigenvalue weighted by Gasteiger charge is -2.47. The summed E-state index contributed by atoms with van der Waals surface area (Å²) >= 11 is 0. The number of carbonyl (C=O) groups is 1. The number of nitrogens with two attached hydrogens (primary N) is 1. The van der Waals surface area contributed by atoms with Crippen LogP contribution in [0.15, 0.2) is 0 Å². The van der Waals surface area contributed by atoms with Crippen LogP contribution in [0.3, 0.4) is 0 Å². The first kappa shape index (κ1) is 12.5. The van der Waals surface area contributed by atoms with Gasteiger partial charge in [-0.15, -0.1) is 0 Å². The Hall–Kier alpha value is -0.610. The number of hydrogen-bond acceptors (Lipinski definition) is 3. The molecular weight excluding hydrogens is 190 g/mol. The summed E-state index contributed by atoms with van der Waals surface area (Å²) in [5.74, 6) is 0.613. The second-order valence-corrected chi connectivity index (χ2v) is 5.33. The first-order chi connectivity index (χ1) is 6.88. The third-order valence-electron chi connectivity index (χ3n) is 2.94. The maximum atomic E-state index is 11.7. The molecule has 0 bridgehead atoms. The lowest BCUT2D eigenvalue weighted by atomic mass is 9.94. The Bertz CT molecular complexity index is 238. The van der Waals surface area contributed by atoms with E-state index < -0.39 is 0 Å². The molecule has 4 nitrogen and oxygen atoms in total. The first-order valence-electron chi connectivity index (χ1n) is 5.63. The van der Waals surface area contributed by atoms with Crippen LogP contribution in [0, 0.1) is 5.92 Å². The zero-order valence-corrected chi connectivity index (χ0v) is 10.2. The molecule has 0 aromatic heterocycles. The molecule has 3 N–H and O–H groups in total. The van der Waals surface area contributed by atoms with Crippen LogP contribution >= 0.6 is 0 Å². The van der Waals surface area contributed by atoms with Gasteiger partial charge < -0.3 is 11.1 Å². The molecule has 1 amide bonds. The van der Waals surface area contributed by atoms with Crippen molar-refractivity contribution >= 4 is 5.91 Å². The van der Waals surface area contributed by atoms with Gasteiger partial charge in [0, 0.05) is 25.2 Å². The van der Waals surface area contributed by atoms with Crippen LogP contribution in [0.5, 0.6) is 0 Å². The minimum atomic E-state index is -0.170. The highest BCUT2D eigenvalue weighted by atomic mass is 16.2. The SMILES string of the molecule is CC(C)CN1C(CN)C(=O)NCC1(C)C. The van der Waals surface area contributed by atoms with E-state index in [4.69, 9.17) is 5.73 Å². The van der Waals surface area contributed by atoms with Crippen molar-refractivity contribution in [3.05, 3.63) is 0 Å². The number of nitrogens with one attached hydrogen (secondary N) is 1. The predicted octanol–water partition coefficient (Wildman–Crippen LogP) is 0.180. The van der Waals surface area contributed by atoms with Crippen molar-refractivity contribution in [3.63, 3.8) is 0 Å². The zero-order valence-electron chi connectivity index (χ0n) is 10.2. The van der Waals surface area contributed by atoms with E-state index in [-0.39, 0.29) is 17.5 Å². The van der Waals surface area contributed by atoms with E-state index in [9.17, 15) is 4.79 Å². The van der Waals surface area contributed by atoms with E-state index in [1.54, 1.807) is 0 Å². The zero-order chi connectivity index (χ0) is 11.6. The van der Waals surface area contributed by atoms with E-state index in [0.717, 1.165) is 6.54 Å². The summed E-state index contributed by atoms with van der Waals surface area (Å²) in [5.41, 5.74) is 5.68. The van der Waals surface area contributed by atoms with Crippen molar-refractivity contribution in [2.75, 3.05) is 19.6 Å². The normalized spacial score (nSPS) is 26.8. The summed E-state index contributed by atoms with van der Waals surface area (Å²) in [5, 5.41) is 2.92. The summed E-state index contributed by atoms with van der Waals surface area (Å²) in [6, 6.07) is -0.170. The molecule has 1 unspecified atom stereocenters. The Morgan fingerprint density at radius 1 is 1.60 bits per heavy atom. The fourth-order valence-electron chi connectivity index (χ4n) is 2.09. The van der Waals surface area contributed by atoms with Crippen LogP contribution in [-0.2, 0) is 4.79 Å². The van der Waals surface area contributed by atoms with Gasteiger partial charge in [0.15, 0.2) is 0 Å². The van der Waals surface area contributed by atoms with E-state index >= 15 is 0 Å². The molecule has 0 saturated carbocycles. The lowest BCUT2D eigenvalue weighted by Crippen LogP contribution is -2.67. The van der Waals surface area contributed by atoms with Gasteiger partial charge in [0.1, 0.15) is 6.04 Å². The Morgan fingerprint density at radius 3 is 2.67 bits per heavy atom. The van der Waals surface area contributed by atoms with Crippen molar-refractivity contribution in [2.24, 2.45) is 11.7 Å². The van der Waals surface area contributed by atoms with Gasteiger partial charge in [-0.3, -0.25) is 9.69 Å². The average molecular weight is 213 g/mol. The van der Waals surface area contributed by atoms with Crippen molar-refractivity contribution < 1.29 is 4.79 Å². The smallest absolute Gasteiger partial charge is 0.238 e. The first-order valence-corrected chi connectivity index (χ1v) is 5.63. The highest BCUT2D eigenvalue weighted by Gasteiger charge is 2.40. The van der Waals surface area contributed by atoms with Crippen LogP contribution < -0.4 is 11.1 Å². The molecule has 0 aromatic carbocycles. The van der Waals surface area contributed by atoms with E-state index in [2.05, 4.69) is 37.9 Å². The molecule has 1 aliphatic heterocycles. The third kappa shape index (κ3) is 2.69. The maximum Gasteiger partial charge on any atom is 0.238 e. The Morgan fingerprint density at radius 2 is 2.20 bits per heavy atom. The van der Waals surface area contributed by atoms with Gasteiger partial charge >= 0.3 is 0 Å². The fraction of sp³-hybridized carbons (Fsp3) is 0.909. The lowest BCUT2D eigenvalue weighted by molar-refractivity contribution is -0.134. The van der Waals surface area contributed by atoms with Crippen LogP contribution in [0.4, 0.5) is 0 Å². The summed E-state index contributed by atoms with van der Waals surface area (Å²) < 4.78 is 0. The summed E-state index contributed by atoms with van der Waals surface area (Å²) in [4.78, 5) is 13.9. The second kappa shape index (κ2) is 4.49. The highest BCUT2D eigenvalue weighted by molar-refractivity contribution is 5.83. The topological polar surface area (TPSA) is 58.4 Å². The summed E-state index contributed by atoms with van der Waals surface area (Å²) in [6.07, 6.45) is 0. The summed E-state index contributed by atoms with van der Waals surface area (Å²) in [7, 11) is 0. The number of rotatable bonds is 3. The molecule has 1 saturated heterocycles.